The molecule has 0 fully saturated rings. The van der Waals surface area contributed by atoms with Crippen molar-refractivity contribution in [1.82, 2.24) is 5.32 Å². The van der Waals surface area contributed by atoms with Gasteiger partial charge >= 0.3 is 0 Å². The van der Waals surface area contributed by atoms with E-state index in [2.05, 4.69) is 5.32 Å². The van der Waals surface area contributed by atoms with Crippen LogP contribution in [0.5, 0.6) is 0 Å². The Balaban J connectivity index is 2.67. The van der Waals surface area contributed by atoms with Crippen molar-refractivity contribution >= 4 is 21.4 Å². The highest BCUT2D eigenvalue weighted by Gasteiger charge is 2.21. The summed E-state index contributed by atoms with van der Waals surface area (Å²) in [4.78, 5) is 11.8. The highest BCUT2D eigenvalue weighted by atomic mass is 32.2. The first-order valence-corrected chi connectivity index (χ1v) is 7.86. The van der Waals surface area contributed by atoms with Gasteiger partial charge in [-0.15, -0.1) is 0 Å². The monoisotopic (exact) mass is 300 g/mol. The van der Waals surface area contributed by atoms with Crippen LogP contribution in [0.4, 0.5) is 5.69 Å². The van der Waals surface area contributed by atoms with Gasteiger partial charge in [-0.3, -0.25) is 4.79 Å². The van der Waals surface area contributed by atoms with Gasteiger partial charge in [-0.1, -0.05) is 0 Å². The fourth-order valence-electron chi connectivity index (χ4n) is 1.77. The summed E-state index contributed by atoms with van der Waals surface area (Å²) in [7, 11) is -2.08. The minimum absolute atomic E-state index is 0.138. The van der Waals surface area contributed by atoms with Crippen molar-refractivity contribution in [3.8, 4) is 0 Å². The Labute approximate surface area is 119 Å². The van der Waals surface area contributed by atoms with Crippen molar-refractivity contribution < 1.29 is 17.9 Å². The molecule has 7 heteroatoms. The number of hydrogen-bond donors (Lipinski definition) is 2. The number of nitrogens with two attached hydrogens (primary N) is 1. The molecule has 1 rings (SSSR count). The molecule has 0 spiro atoms. The summed E-state index contributed by atoms with van der Waals surface area (Å²) in [6.07, 6.45) is 0.642. The predicted octanol–water partition coefficient (Wildman–Crippen LogP) is 0.504. The maximum Gasteiger partial charge on any atom is 0.235 e. The number of carbonyl (C=O) groups is 1. The molecule has 112 valence electrons. The predicted molar refractivity (Wildman–Crippen MR) is 77.1 cm³/mol. The van der Waals surface area contributed by atoms with Gasteiger partial charge in [-0.25, -0.2) is 8.42 Å². The van der Waals surface area contributed by atoms with Crippen molar-refractivity contribution in [3.63, 3.8) is 0 Å². The summed E-state index contributed by atoms with van der Waals surface area (Å²) in [5.74, 6) is -1.08. The smallest absolute Gasteiger partial charge is 0.235 e. The molecule has 1 aromatic carbocycles. The molecule has 6 nitrogen and oxygen atoms in total. The standard InChI is InChI=1S/C13H20N2O4S/c1-10-8-11(14)4-5-12(10)20(17,18)9-13(16)15-6-3-7-19-2/h4-5,8H,3,6-7,9,14H2,1-2H3,(H,15,16). The SMILES string of the molecule is COCCCNC(=O)CS(=O)(=O)c1ccc(N)cc1C. The number of aryl methyl sites for hydroxylation is 1. The third-order valence-corrected chi connectivity index (χ3v) is 4.47. The third-order valence-electron chi connectivity index (χ3n) is 2.70. The van der Waals surface area contributed by atoms with E-state index in [1.165, 1.54) is 12.1 Å². The number of rotatable bonds is 7. The van der Waals surface area contributed by atoms with E-state index in [0.29, 0.717) is 30.8 Å². The van der Waals surface area contributed by atoms with Crippen molar-refractivity contribution in [2.24, 2.45) is 0 Å². The van der Waals surface area contributed by atoms with E-state index in [4.69, 9.17) is 10.5 Å². The Bertz CT molecular complexity index is 570. The van der Waals surface area contributed by atoms with Crippen LogP contribution >= 0.6 is 0 Å². The minimum atomic E-state index is -3.65. The van der Waals surface area contributed by atoms with Crippen LogP contribution in [0, 0.1) is 6.92 Å². The zero-order valence-electron chi connectivity index (χ0n) is 11.7. The lowest BCUT2D eigenvalue weighted by atomic mass is 10.2. The maximum atomic E-state index is 12.1. The Morgan fingerprint density at radius 3 is 2.70 bits per heavy atom. The number of hydrogen-bond acceptors (Lipinski definition) is 5. The van der Waals surface area contributed by atoms with Crippen LogP contribution < -0.4 is 11.1 Å². The molecule has 0 aliphatic heterocycles. The molecule has 0 aliphatic carbocycles. The van der Waals surface area contributed by atoms with Crippen molar-refractivity contribution in [3.05, 3.63) is 23.8 Å². The fourth-order valence-corrected chi connectivity index (χ4v) is 3.19. The van der Waals surface area contributed by atoms with Crippen LogP contribution in [0.2, 0.25) is 0 Å². The lowest BCUT2D eigenvalue weighted by Gasteiger charge is -2.09. The minimum Gasteiger partial charge on any atom is -0.399 e. The molecule has 0 saturated carbocycles. The average Bonchev–Trinajstić information content (AvgIpc) is 2.33. The Morgan fingerprint density at radius 1 is 1.40 bits per heavy atom. The number of ether oxygens (including phenoxy) is 1. The molecule has 20 heavy (non-hydrogen) atoms. The van der Waals surface area contributed by atoms with Gasteiger partial charge in [0.05, 0.1) is 4.90 Å². The first-order valence-electron chi connectivity index (χ1n) is 6.21. The average molecular weight is 300 g/mol. The second-order valence-corrected chi connectivity index (χ2v) is 6.44. The largest absolute Gasteiger partial charge is 0.399 e. The van der Waals surface area contributed by atoms with Gasteiger partial charge in [0.1, 0.15) is 5.75 Å². The van der Waals surface area contributed by atoms with Crippen LogP contribution in [0.3, 0.4) is 0 Å². The van der Waals surface area contributed by atoms with E-state index in [0.717, 1.165) is 0 Å². The van der Waals surface area contributed by atoms with Gasteiger partial charge in [0, 0.05) is 25.9 Å². The van der Waals surface area contributed by atoms with Gasteiger partial charge in [-0.05, 0) is 37.1 Å². The number of carbonyl (C=O) groups excluding carboxylic acids is 1. The number of nitrogens with one attached hydrogen (secondary N) is 1. The summed E-state index contributed by atoms with van der Waals surface area (Å²) in [5, 5.41) is 2.55. The second-order valence-electron chi connectivity index (χ2n) is 4.48. The molecule has 0 bridgehead atoms. The summed E-state index contributed by atoms with van der Waals surface area (Å²) >= 11 is 0. The zero-order valence-corrected chi connectivity index (χ0v) is 12.5. The molecule has 0 atom stereocenters. The summed E-state index contributed by atoms with van der Waals surface area (Å²) in [6, 6.07) is 4.51. The van der Waals surface area contributed by atoms with E-state index in [-0.39, 0.29) is 4.90 Å². The molecule has 1 aromatic rings. The van der Waals surface area contributed by atoms with Gasteiger partial charge in [0.25, 0.3) is 0 Å². The fraction of sp³-hybridized carbons (Fsp3) is 0.462. The maximum absolute atomic E-state index is 12.1. The molecular formula is C13H20N2O4S. The number of anilines is 1. The van der Waals surface area contributed by atoms with E-state index in [9.17, 15) is 13.2 Å². The van der Waals surface area contributed by atoms with Crippen molar-refractivity contribution in [2.75, 3.05) is 31.7 Å². The van der Waals surface area contributed by atoms with Crippen LogP contribution in [0.1, 0.15) is 12.0 Å². The van der Waals surface area contributed by atoms with Gasteiger partial charge in [0.15, 0.2) is 9.84 Å². The summed E-state index contributed by atoms with van der Waals surface area (Å²) in [5.41, 5.74) is 6.61. The first-order chi connectivity index (χ1) is 9.36. The molecule has 3 N–H and O–H groups in total. The normalized spacial score (nSPS) is 11.3. The van der Waals surface area contributed by atoms with Crippen LogP contribution in [0.25, 0.3) is 0 Å². The molecule has 0 aliphatic rings. The molecule has 1 amide bonds. The number of amides is 1. The lowest BCUT2D eigenvalue weighted by Crippen LogP contribution is -2.31. The van der Waals surface area contributed by atoms with E-state index in [1.54, 1.807) is 20.1 Å². The quantitative estimate of drug-likeness (QED) is 0.564. The number of sulfone groups is 1. The van der Waals surface area contributed by atoms with Gasteiger partial charge in [0.2, 0.25) is 5.91 Å². The highest BCUT2D eigenvalue weighted by Crippen LogP contribution is 2.19. The molecule has 0 radical (unpaired) electrons. The Morgan fingerprint density at radius 2 is 2.10 bits per heavy atom. The molecule has 0 heterocycles. The molecule has 0 saturated heterocycles. The lowest BCUT2D eigenvalue weighted by molar-refractivity contribution is -0.118. The number of methoxy groups -OCH3 is 1. The molecular weight excluding hydrogens is 280 g/mol. The summed E-state index contributed by atoms with van der Waals surface area (Å²) < 4.78 is 29.1. The molecule has 0 unspecified atom stereocenters. The zero-order chi connectivity index (χ0) is 15.2. The van der Waals surface area contributed by atoms with Crippen LogP contribution in [-0.2, 0) is 19.4 Å². The third kappa shape index (κ3) is 4.82. The number of nitrogen functional groups attached to an aromatic ring is 1. The van der Waals surface area contributed by atoms with E-state index in [1.807, 2.05) is 0 Å². The van der Waals surface area contributed by atoms with E-state index >= 15 is 0 Å². The van der Waals surface area contributed by atoms with E-state index < -0.39 is 21.5 Å². The molecule has 0 aromatic heterocycles. The second kappa shape index (κ2) is 7.25. The van der Waals surface area contributed by atoms with Crippen molar-refractivity contribution in [2.45, 2.75) is 18.2 Å². The summed E-state index contributed by atoms with van der Waals surface area (Å²) in [6.45, 7) is 2.56. The van der Waals surface area contributed by atoms with Crippen LogP contribution in [-0.4, -0.2) is 40.3 Å². The first kappa shape index (κ1) is 16.5. The Hall–Kier alpha value is -1.60. The Kier molecular flexibility index (Phi) is 5.97. The van der Waals surface area contributed by atoms with Gasteiger partial charge in [-0.2, -0.15) is 0 Å². The highest BCUT2D eigenvalue weighted by molar-refractivity contribution is 7.92. The van der Waals surface area contributed by atoms with Gasteiger partial charge < -0.3 is 15.8 Å². The topological polar surface area (TPSA) is 98.5 Å². The van der Waals surface area contributed by atoms with Crippen LogP contribution in [0.15, 0.2) is 23.1 Å². The van der Waals surface area contributed by atoms with Crippen molar-refractivity contribution in [1.29, 1.82) is 0 Å². The number of benzene rings is 1.